The van der Waals surface area contributed by atoms with Gasteiger partial charge in [-0.2, -0.15) is 0 Å². The number of pyridine rings is 1. The summed E-state index contributed by atoms with van der Waals surface area (Å²) in [6, 6.07) is 5.95. The van der Waals surface area contributed by atoms with E-state index in [-0.39, 0.29) is 6.10 Å². The number of piperidine rings is 1. The Morgan fingerprint density at radius 1 is 1.44 bits per heavy atom. The Bertz CT molecular complexity index is 474. The standard InChI is InChI=1S/C12H15N3O/c1-2-7-15-11(5-1)14-9-12(15)16-10-4-3-6-13-8-10/h1-2,5,7,9-10,13H,3-4,6,8H2. The van der Waals surface area contributed by atoms with Crippen LogP contribution in [0.4, 0.5) is 0 Å². The lowest BCUT2D eigenvalue weighted by molar-refractivity contribution is 0.159. The van der Waals surface area contributed by atoms with Gasteiger partial charge in [-0.15, -0.1) is 0 Å². The Morgan fingerprint density at radius 3 is 3.31 bits per heavy atom. The fourth-order valence-electron chi connectivity index (χ4n) is 2.09. The Balaban J connectivity index is 1.83. The molecule has 4 heteroatoms. The van der Waals surface area contributed by atoms with Crippen molar-refractivity contribution >= 4 is 5.65 Å². The molecule has 0 spiro atoms. The zero-order chi connectivity index (χ0) is 10.8. The van der Waals surface area contributed by atoms with E-state index in [1.54, 1.807) is 6.20 Å². The third-order valence-corrected chi connectivity index (χ3v) is 2.92. The number of imidazole rings is 1. The fraction of sp³-hybridized carbons (Fsp3) is 0.417. The summed E-state index contributed by atoms with van der Waals surface area (Å²) in [5.41, 5.74) is 0.932. The molecule has 1 aliphatic heterocycles. The first-order valence-corrected chi connectivity index (χ1v) is 5.73. The summed E-state index contributed by atoms with van der Waals surface area (Å²) in [6.45, 7) is 2.03. The molecule has 0 amide bonds. The van der Waals surface area contributed by atoms with Crippen LogP contribution >= 0.6 is 0 Å². The largest absolute Gasteiger partial charge is 0.473 e. The highest BCUT2D eigenvalue weighted by molar-refractivity contribution is 5.41. The van der Waals surface area contributed by atoms with Gasteiger partial charge in [0.15, 0.2) is 0 Å². The molecule has 1 saturated heterocycles. The van der Waals surface area contributed by atoms with Gasteiger partial charge in [0.1, 0.15) is 11.8 Å². The molecule has 4 nitrogen and oxygen atoms in total. The van der Waals surface area contributed by atoms with Crippen LogP contribution in [0.3, 0.4) is 0 Å². The van der Waals surface area contributed by atoms with Crippen LogP contribution < -0.4 is 10.1 Å². The molecule has 2 aromatic heterocycles. The summed E-state index contributed by atoms with van der Waals surface area (Å²) in [5, 5.41) is 3.34. The Labute approximate surface area is 94.3 Å². The molecule has 1 N–H and O–H groups in total. The van der Waals surface area contributed by atoms with E-state index in [2.05, 4.69) is 10.3 Å². The summed E-state index contributed by atoms with van der Waals surface area (Å²) in [5.74, 6) is 0.837. The molecular formula is C12H15N3O. The zero-order valence-electron chi connectivity index (χ0n) is 9.10. The maximum atomic E-state index is 5.95. The summed E-state index contributed by atoms with van der Waals surface area (Å²) in [7, 11) is 0. The summed E-state index contributed by atoms with van der Waals surface area (Å²) >= 11 is 0. The first-order chi connectivity index (χ1) is 7.93. The first-order valence-electron chi connectivity index (χ1n) is 5.73. The lowest BCUT2D eigenvalue weighted by atomic mass is 10.1. The van der Waals surface area contributed by atoms with E-state index >= 15 is 0 Å². The van der Waals surface area contributed by atoms with Gasteiger partial charge in [0.05, 0.1) is 6.20 Å². The van der Waals surface area contributed by atoms with Gasteiger partial charge >= 0.3 is 0 Å². The van der Waals surface area contributed by atoms with Gasteiger partial charge in [-0.25, -0.2) is 4.98 Å². The average molecular weight is 217 g/mol. The van der Waals surface area contributed by atoms with Gasteiger partial charge in [-0.1, -0.05) is 6.07 Å². The molecule has 3 heterocycles. The van der Waals surface area contributed by atoms with Crippen LogP contribution in [-0.4, -0.2) is 28.6 Å². The van der Waals surface area contributed by atoms with Crippen molar-refractivity contribution in [2.24, 2.45) is 0 Å². The quantitative estimate of drug-likeness (QED) is 0.827. The fourth-order valence-corrected chi connectivity index (χ4v) is 2.09. The van der Waals surface area contributed by atoms with Crippen LogP contribution in [0.2, 0.25) is 0 Å². The summed E-state index contributed by atoms with van der Waals surface area (Å²) in [6.07, 6.45) is 6.35. The third-order valence-electron chi connectivity index (χ3n) is 2.92. The van der Waals surface area contributed by atoms with Crippen molar-refractivity contribution < 1.29 is 4.74 Å². The minimum absolute atomic E-state index is 0.272. The number of ether oxygens (including phenoxy) is 1. The van der Waals surface area contributed by atoms with Crippen molar-refractivity contribution in [1.82, 2.24) is 14.7 Å². The highest BCUT2D eigenvalue weighted by Crippen LogP contribution is 2.17. The van der Waals surface area contributed by atoms with Crippen molar-refractivity contribution in [3.8, 4) is 5.88 Å². The molecule has 0 bridgehead atoms. The van der Waals surface area contributed by atoms with Crippen molar-refractivity contribution in [3.63, 3.8) is 0 Å². The van der Waals surface area contributed by atoms with Gasteiger partial charge < -0.3 is 10.1 Å². The number of fused-ring (bicyclic) bond motifs is 1. The molecule has 1 fully saturated rings. The highest BCUT2D eigenvalue weighted by atomic mass is 16.5. The van der Waals surface area contributed by atoms with E-state index in [1.807, 2.05) is 28.8 Å². The topological polar surface area (TPSA) is 38.6 Å². The average Bonchev–Trinajstić information content (AvgIpc) is 2.74. The molecule has 1 aliphatic rings. The normalized spacial score (nSPS) is 21.1. The summed E-state index contributed by atoms with van der Waals surface area (Å²) < 4.78 is 7.93. The predicted molar refractivity (Wildman–Crippen MR) is 61.7 cm³/mol. The van der Waals surface area contributed by atoms with Crippen molar-refractivity contribution in [2.75, 3.05) is 13.1 Å². The molecular weight excluding hydrogens is 202 g/mol. The van der Waals surface area contributed by atoms with Crippen LogP contribution in [0.1, 0.15) is 12.8 Å². The minimum atomic E-state index is 0.272. The third kappa shape index (κ3) is 1.76. The lowest BCUT2D eigenvalue weighted by Crippen LogP contribution is -2.37. The molecule has 16 heavy (non-hydrogen) atoms. The van der Waals surface area contributed by atoms with Crippen LogP contribution in [-0.2, 0) is 0 Å². The van der Waals surface area contributed by atoms with Crippen molar-refractivity contribution in [1.29, 1.82) is 0 Å². The van der Waals surface area contributed by atoms with E-state index in [4.69, 9.17) is 4.74 Å². The predicted octanol–water partition coefficient (Wildman–Crippen LogP) is 1.47. The van der Waals surface area contributed by atoms with Crippen molar-refractivity contribution in [3.05, 3.63) is 30.6 Å². The molecule has 84 valence electrons. The van der Waals surface area contributed by atoms with Gasteiger partial charge in [-0.3, -0.25) is 4.40 Å². The van der Waals surface area contributed by atoms with Gasteiger partial charge in [0, 0.05) is 12.7 Å². The van der Waals surface area contributed by atoms with Crippen LogP contribution in [0.25, 0.3) is 5.65 Å². The molecule has 3 rings (SSSR count). The van der Waals surface area contributed by atoms with Gasteiger partial charge in [-0.05, 0) is 31.5 Å². The molecule has 1 atom stereocenters. The molecule has 0 aromatic carbocycles. The van der Waals surface area contributed by atoms with Gasteiger partial charge in [0.2, 0.25) is 5.88 Å². The number of nitrogens with zero attached hydrogens (tertiary/aromatic N) is 2. The number of hydrogen-bond donors (Lipinski definition) is 1. The monoisotopic (exact) mass is 217 g/mol. The molecule has 0 saturated carbocycles. The van der Waals surface area contributed by atoms with Crippen LogP contribution in [0.5, 0.6) is 5.88 Å². The molecule has 0 radical (unpaired) electrons. The van der Waals surface area contributed by atoms with Gasteiger partial charge in [0.25, 0.3) is 0 Å². The Morgan fingerprint density at radius 2 is 2.44 bits per heavy atom. The number of nitrogens with one attached hydrogen (secondary N) is 1. The van der Waals surface area contributed by atoms with E-state index in [0.717, 1.165) is 31.0 Å². The highest BCUT2D eigenvalue weighted by Gasteiger charge is 2.15. The molecule has 0 aliphatic carbocycles. The second-order valence-electron chi connectivity index (χ2n) is 4.11. The second-order valence-corrected chi connectivity index (χ2v) is 4.11. The SMILES string of the molecule is c1ccn2c(OC3CCCNC3)cnc2c1. The molecule has 1 unspecified atom stereocenters. The van der Waals surface area contributed by atoms with Crippen LogP contribution in [0.15, 0.2) is 30.6 Å². The van der Waals surface area contributed by atoms with Crippen molar-refractivity contribution in [2.45, 2.75) is 18.9 Å². The van der Waals surface area contributed by atoms with E-state index < -0.39 is 0 Å². The first kappa shape index (κ1) is 9.66. The number of hydrogen-bond acceptors (Lipinski definition) is 3. The minimum Gasteiger partial charge on any atom is -0.473 e. The maximum absolute atomic E-state index is 5.95. The Kier molecular flexibility index (Phi) is 2.50. The maximum Gasteiger partial charge on any atom is 0.218 e. The number of aromatic nitrogens is 2. The van der Waals surface area contributed by atoms with E-state index in [0.29, 0.717) is 0 Å². The zero-order valence-corrected chi connectivity index (χ0v) is 9.10. The lowest BCUT2D eigenvalue weighted by Gasteiger charge is -2.23. The van der Waals surface area contributed by atoms with E-state index in [1.165, 1.54) is 6.42 Å². The Hall–Kier alpha value is -1.55. The smallest absolute Gasteiger partial charge is 0.218 e. The van der Waals surface area contributed by atoms with Crippen LogP contribution in [0, 0.1) is 0 Å². The second kappa shape index (κ2) is 4.14. The number of rotatable bonds is 2. The van der Waals surface area contributed by atoms with E-state index in [9.17, 15) is 0 Å². The molecule has 2 aromatic rings. The summed E-state index contributed by atoms with van der Waals surface area (Å²) in [4.78, 5) is 4.30.